The van der Waals surface area contributed by atoms with Gasteiger partial charge in [0.1, 0.15) is 6.04 Å². The number of nitrogens with zero attached hydrogens (tertiary/aromatic N) is 2. The second-order valence-corrected chi connectivity index (χ2v) is 11.1. The minimum atomic E-state index is -3.97. The van der Waals surface area contributed by atoms with Crippen molar-refractivity contribution < 1.29 is 36.0 Å². The molecule has 0 fully saturated rings. The van der Waals surface area contributed by atoms with Crippen molar-refractivity contribution >= 4 is 37.9 Å². The van der Waals surface area contributed by atoms with Crippen molar-refractivity contribution in [1.82, 2.24) is 19.2 Å². The normalized spacial score (nSPS) is 13.3. The number of nitrogens with one attached hydrogen (secondary N) is 2. The van der Waals surface area contributed by atoms with Crippen molar-refractivity contribution in [3.63, 3.8) is 0 Å². The van der Waals surface area contributed by atoms with E-state index >= 15 is 0 Å². The number of carbonyl (C=O) groups excluding carboxylic acids is 3. The largest absolute Gasteiger partial charge is 0.392 e. The van der Waals surface area contributed by atoms with Crippen molar-refractivity contribution in [1.29, 1.82) is 0 Å². The van der Waals surface area contributed by atoms with Crippen molar-refractivity contribution in [2.24, 2.45) is 5.73 Å². The second-order valence-electron chi connectivity index (χ2n) is 7.10. The second kappa shape index (κ2) is 13.7. The number of esters is 2. The van der Waals surface area contributed by atoms with Gasteiger partial charge >= 0.3 is 11.9 Å². The molecule has 0 aliphatic heterocycles. The average Bonchev–Trinajstić information content (AvgIpc) is 2.62. The topological polar surface area (TPSA) is 185 Å². The Kier molecular flexibility index (Phi) is 13.0. The maximum Gasteiger partial charge on any atom is 0.331 e. The Balaban J connectivity index is 4.45. The number of rotatable bonds is 15. The Morgan fingerprint density at radius 3 is 2.19 bits per heavy atom. The molecule has 0 saturated carbocycles. The van der Waals surface area contributed by atoms with Crippen molar-refractivity contribution in [3.05, 3.63) is 0 Å². The molecular weight excluding hydrogens is 454 g/mol. The van der Waals surface area contributed by atoms with Crippen molar-refractivity contribution in [3.8, 4) is 0 Å². The molecule has 182 valence electrons. The lowest BCUT2D eigenvalue weighted by molar-refractivity contribution is -0.160. The van der Waals surface area contributed by atoms with E-state index in [1.165, 1.54) is 14.0 Å². The van der Waals surface area contributed by atoms with E-state index in [9.17, 15) is 31.2 Å². The molecule has 0 saturated heterocycles. The molecule has 0 aromatic heterocycles. The van der Waals surface area contributed by atoms with Crippen molar-refractivity contribution in [2.45, 2.75) is 25.8 Å². The number of amides is 1. The molecule has 4 N–H and O–H groups in total. The highest BCUT2D eigenvalue weighted by Crippen LogP contribution is 2.04. The lowest BCUT2D eigenvalue weighted by Gasteiger charge is -2.18. The van der Waals surface area contributed by atoms with Crippen LogP contribution in [0.4, 0.5) is 0 Å². The van der Waals surface area contributed by atoms with Crippen LogP contribution in [0.3, 0.4) is 0 Å². The van der Waals surface area contributed by atoms with Gasteiger partial charge in [0, 0.05) is 33.6 Å². The van der Waals surface area contributed by atoms with E-state index in [2.05, 4.69) is 14.8 Å². The number of carbonyl (C=O) groups is 3. The van der Waals surface area contributed by atoms with Crippen LogP contribution in [0.2, 0.25) is 0 Å². The smallest absolute Gasteiger partial charge is 0.331 e. The van der Waals surface area contributed by atoms with Gasteiger partial charge in [-0.05, 0) is 27.1 Å². The fraction of sp³-hybridized carbons (Fsp3) is 0.812. The molecule has 0 aromatic rings. The maximum absolute atomic E-state index is 12.2. The van der Waals surface area contributed by atoms with Gasteiger partial charge in [-0.25, -0.2) is 30.7 Å². The molecule has 1 amide bonds. The van der Waals surface area contributed by atoms with Crippen LogP contribution in [0.1, 0.15) is 19.8 Å². The van der Waals surface area contributed by atoms with E-state index in [0.717, 1.165) is 4.31 Å². The van der Waals surface area contributed by atoms with E-state index in [1.54, 1.807) is 0 Å². The number of hydrogen-bond donors (Lipinski definition) is 3. The molecule has 0 spiro atoms. The number of sulfonamides is 2. The monoisotopic (exact) mass is 487 g/mol. The molecule has 0 aliphatic rings. The lowest BCUT2D eigenvalue weighted by atomic mass is 10.4. The molecule has 0 heterocycles. The van der Waals surface area contributed by atoms with Crippen LogP contribution >= 0.6 is 0 Å². The molecular formula is C16H33N5O8S2. The van der Waals surface area contributed by atoms with Crippen LogP contribution < -0.4 is 15.8 Å². The zero-order valence-corrected chi connectivity index (χ0v) is 19.9. The maximum atomic E-state index is 12.2. The Bertz CT molecular complexity index is 814. The molecule has 1 unspecified atom stereocenters. The Hall–Kier alpha value is -1.65. The SMILES string of the molecule is CC(=O)NCCNS(=O)(=O)CC(N)C(=O)OC(=O)CCS(=O)(=O)N(C)CCCN(C)C. The summed E-state index contributed by atoms with van der Waals surface area (Å²) in [4.78, 5) is 36.2. The van der Waals surface area contributed by atoms with Crippen LogP contribution in [0.5, 0.6) is 0 Å². The predicted octanol–water partition coefficient (Wildman–Crippen LogP) is -2.96. The highest BCUT2D eigenvalue weighted by molar-refractivity contribution is 7.89. The van der Waals surface area contributed by atoms with Gasteiger partial charge in [0.2, 0.25) is 26.0 Å². The van der Waals surface area contributed by atoms with Gasteiger partial charge < -0.3 is 20.7 Å². The van der Waals surface area contributed by atoms with E-state index < -0.39 is 56.0 Å². The zero-order valence-electron chi connectivity index (χ0n) is 18.3. The molecule has 0 aliphatic carbocycles. The molecule has 31 heavy (non-hydrogen) atoms. The third-order valence-corrected chi connectivity index (χ3v) is 7.15. The van der Waals surface area contributed by atoms with Crippen LogP contribution in [0, 0.1) is 0 Å². The summed E-state index contributed by atoms with van der Waals surface area (Å²) < 4.78 is 55.8. The summed E-state index contributed by atoms with van der Waals surface area (Å²) in [6, 6.07) is -1.65. The van der Waals surface area contributed by atoms with Crippen LogP contribution in [-0.4, -0.2) is 109 Å². The minimum Gasteiger partial charge on any atom is -0.392 e. The first kappa shape index (κ1) is 29.4. The van der Waals surface area contributed by atoms with Crippen LogP contribution in [-0.2, 0) is 39.2 Å². The predicted molar refractivity (Wildman–Crippen MR) is 114 cm³/mol. The number of nitrogens with two attached hydrogens (primary N) is 1. The molecule has 1 atom stereocenters. The Morgan fingerprint density at radius 1 is 1.03 bits per heavy atom. The third-order valence-electron chi connectivity index (χ3n) is 3.85. The fourth-order valence-electron chi connectivity index (χ4n) is 2.16. The standard InChI is InChI=1S/C16H33N5O8S2/c1-13(22)18-7-8-19-30(25,26)12-14(17)16(24)29-15(23)6-11-31(27,28)21(4)10-5-9-20(2)3/h14,19H,5-12,17H2,1-4H3,(H,18,22). The Labute approximate surface area is 183 Å². The highest BCUT2D eigenvalue weighted by atomic mass is 32.2. The summed E-state index contributed by atoms with van der Waals surface area (Å²) in [5.74, 6) is -4.14. The summed E-state index contributed by atoms with van der Waals surface area (Å²) in [6.45, 7) is 2.17. The molecule has 0 rings (SSSR count). The summed E-state index contributed by atoms with van der Waals surface area (Å²) in [7, 11) is -2.58. The minimum absolute atomic E-state index is 0.0464. The van der Waals surface area contributed by atoms with E-state index in [-0.39, 0.29) is 25.5 Å². The first-order valence-corrected chi connectivity index (χ1v) is 12.7. The molecule has 0 aromatic carbocycles. The van der Waals surface area contributed by atoms with Gasteiger partial charge in [0.15, 0.2) is 0 Å². The molecule has 0 bridgehead atoms. The first-order chi connectivity index (χ1) is 14.2. The van der Waals surface area contributed by atoms with E-state index in [0.29, 0.717) is 13.0 Å². The average molecular weight is 488 g/mol. The zero-order chi connectivity index (χ0) is 24.2. The van der Waals surface area contributed by atoms with Gasteiger partial charge in [0.05, 0.1) is 17.9 Å². The van der Waals surface area contributed by atoms with Crippen molar-refractivity contribution in [2.75, 3.05) is 58.8 Å². The molecule has 0 radical (unpaired) electrons. The summed E-state index contributed by atoms with van der Waals surface area (Å²) >= 11 is 0. The number of ether oxygens (including phenoxy) is 1. The van der Waals surface area contributed by atoms with Gasteiger partial charge in [-0.3, -0.25) is 9.59 Å². The quantitative estimate of drug-likeness (QED) is 0.122. The summed E-state index contributed by atoms with van der Waals surface area (Å²) in [5, 5.41) is 2.38. The fourth-order valence-corrected chi connectivity index (χ4v) is 4.45. The lowest BCUT2D eigenvalue weighted by Crippen LogP contribution is -2.44. The summed E-state index contributed by atoms with van der Waals surface area (Å²) in [5.41, 5.74) is 5.47. The summed E-state index contributed by atoms with van der Waals surface area (Å²) in [6.07, 6.45) is 0.0222. The first-order valence-electron chi connectivity index (χ1n) is 9.47. The van der Waals surface area contributed by atoms with E-state index in [1.807, 2.05) is 19.0 Å². The Morgan fingerprint density at radius 2 is 1.65 bits per heavy atom. The van der Waals surface area contributed by atoms with Gasteiger partial charge in [-0.2, -0.15) is 0 Å². The third kappa shape index (κ3) is 14.1. The van der Waals surface area contributed by atoms with Gasteiger partial charge in [-0.1, -0.05) is 0 Å². The number of hydrogen-bond acceptors (Lipinski definition) is 10. The van der Waals surface area contributed by atoms with Crippen LogP contribution in [0.25, 0.3) is 0 Å². The van der Waals surface area contributed by atoms with Crippen LogP contribution in [0.15, 0.2) is 0 Å². The van der Waals surface area contributed by atoms with Gasteiger partial charge in [0.25, 0.3) is 0 Å². The van der Waals surface area contributed by atoms with E-state index in [4.69, 9.17) is 5.73 Å². The highest BCUT2D eigenvalue weighted by Gasteiger charge is 2.26. The molecule has 13 nitrogen and oxygen atoms in total. The molecule has 15 heteroatoms. The van der Waals surface area contributed by atoms with Gasteiger partial charge in [-0.15, -0.1) is 0 Å².